The topological polar surface area (TPSA) is 53.6 Å². The third-order valence-electron chi connectivity index (χ3n) is 3.67. The average molecular weight is 295 g/mol. The number of ether oxygens (including phenoxy) is 1. The molecule has 2 rings (SSSR count). The molecule has 116 valence electrons. The van der Waals surface area contributed by atoms with Gasteiger partial charge >= 0.3 is 0 Å². The Kier molecular flexibility index (Phi) is 5.52. The lowest BCUT2D eigenvalue weighted by atomic mass is 10.1. The van der Waals surface area contributed by atoms with E-state index >= 15 is 0 Å². The predicted molar refractivity (Wildman–Crippen MR) is 80.1 cm³/mol. The van der Waals surface area contributed by atoms with Crippen molar-refractivity contribution in [2.24, 2.45) is 0 Å². The van der Waals surface area contributed by atoms with E-state index < -0.39 is 5.82 Å². The second-order valence-electron chi connectivity index (χ2n) is 5.01. The molecule has 1 atom stereocenters. The Balaban J connectivity index is 1.94. The molecule has 1 aromatic carbocycles. The first-order chi connectivity index (χ1) is 10.2. The van der Waals surface area contributed by atoms with Gasteiger partial charge in [-0.2, -0.15) is 0 Å². The lowest BCUT2D eigenvalue weighted by Crippen LogP contribution is -2.47. The molecule has 0 radical (unpaired) electrons. The molecule has 0 aliphatic carbocycles. The molecule has 1 unspecified atom stereocenters. The van der Waals surface area contributed by atoms with Crippen molar-refractivity contribution < 1.29 is 13.9 Å². The molecule has 0 bridgehead atoms. The number of carbonyl (C=O) groups excluding carboxylic acids is 1. The zero-order valence-electron chi connectivity index (χ0n) is 12.5. The van der Waals surface area contributed by atoms with Crippen molar-refractivity contribution in [3.8, 4) is 0 Å². The van der Waals surface area contributed by atoms with Crippen molar-refractivity contribution in [1.29, 1.82) is 0 Å². The highest BCUT2D eigenvalue weighted by atomic mass is 19.1. The summed E-state index contributed by atoms with van der Waals surface area (Å²) in [5.41, 5.74) is 0.524. The first-order valence-corrected chi connectivity index (χ1v) is 7.24. The summed E-state index contributed by atoms with van der Waals surface area (Å²) in [5, 5.41) is 5.54. The van der Waals surface area contributed by atoms with Gasteiger partial charge < -0.3 is 15.4 Å². The van der Waals surface area contributed by atoms with Crippen LogP contribution in [-0.2, 0) is 4.74 Å². The van der Waals surface area contributed by atoms with Gasteiger partial charge in [0.05, 0.1) is 24.0 Å². The Bertz CT molecular complexity index is 496. The number of hydrogen-bond acceptors (Lipinski definition) is 4. The van der Waals surface area contributed by atoms with E-state index in [2.05, 4.69) is 22.5 Å². The number of hydrogen-bond donors (Lipinski definition) is 2. The molecule has 1 aliphatic heterocycles. The molecular formula is C15H22FN3O2. The SMILES string of the molecule is CCN1CCOC(CNC(=O)c2cccc(F)c2NC)C1. The van der Waals surface area contributed by atoms with Crippen LogP contribution < -0.4 is 10.6 Å². The fraction of sp³-hybridized carbons (Fsp3) is 0.533. The van der Waals surface area contributed by atoms with Crippen LogP contribution in [0.4, 0.5) is 10.1 Å². The number of amides is 1. The highest BCUT2D eigenvalue weighted by molar-refractivity contribution is 5.99. The molecular weight excluding hydrogens is 273 g/mol. The number of carbonyl (C=O) groups is 1. The average Bonchev–Trinajstić information content (AvgIpc) is 2.52. The summed E-state index contributed by atoms with van der Waals surface area (Å²) in [5.74, 6) is -0.729. The van der Waals surface area contributed by atoms with Crippen LogP contribution in [0.5, 0.6) is 0 Å². The molecule has 0 aromatic heterocycles. The molecule has 5 nitrogen and oxygen atoms in total. The first kappa shape index (κ1) is 15.7. The Morgan fingerprint density at radius 1 is 1.52 bits per heavy atom. The number of benzene rings is 1. The number of nitrogens with one attached hydrogen (secondary N) is 2. The van der Waals surface area contributed by atoms with Crippen LogP contribution in [-0.4, -0.2) is 56.7 Å². The van der Waals surface area contributed by atoms with Crippen LogP contribution in [0.25, 0.3) is 0 Å². The van der Waals surface area contributed by atoms with E-state index in [0.29, 0.717) is 18.7 Å². The van der Waals surface area contributed by atoms with Crippen LogP contribution in [0.1, 0.15) is 17.3 Å². The monoisotopic (exact) mass is 295 g/mol. The molecule has 0 saturated carbocycles. The summed E-state index contributed by atoms with van der Waals surface area (Å²) in [4.78, 5) is 14.5. The van der Waals surface area contributed by atoms with Crippen LogP contribution in [0.2, 0.25) is 0 Å². The summed E-state index contributed by atoms with van der Waals surface area (Å²) >= 11 is 0. The molecule has 21 heavy (non-hydrogen) atoms. The number of halogens is 1. The zero-order valence-corrected chi connectivity index (χ0v) is 12.5. The Labute approximate surface area is 124 Å². The molecule has 1 aromatic rings. The van der Waals surface area contributed by atoms with E-state index in [1.807, 2.05) is 0 Å². The van der Waals surface area contributed by atoms with Gasteiger partial charge in [0.15, 0.2) is 0 Å². The molecule has 1 heterocycles. The minimum atomic E-state index is -0.434. The molecule has 0 spiro atoms. The third-order valence-corrected chi connectivity index (χ3v) is 3.67. The normalized spacial score (nSPS) is 19.3. The van der Waals surface area contributed by atoms with Crippen molar-refractivity contribution in [3.05, 3.63) is 29.6 Å². The minimum absolute atomic E-state index is 0.0192. The van der Waals surface area contributed by atoms with Crippen molar-refractivity contribution >= 4 is 11.6 Å². The smallest absolute Gasteiger partial charge is 0.253 e. The van der Waals surface area contributed by atoms with E-state index in [-0.39, 0.29) is 17.7 Å². The Hall–Kier alpha value is -1.66. The summed E-state index contributed by atoms with van der Waals surface area (Å²) in [6, 6.07) is 4.46. The summed E-state index contributed by atoms with van der Waals surface area (Å²) < 4.78 is 19.3. The van der Waals surface area contributed by atoms with Gasteiger partial charge in [0.25, 0.3) is 5.91 Å². The van der Waals surface area contributed by atoms with Crippen molar-refractivity contribution in [2.45, 2.75) is 13.0 Å². The van der Waals surface area contributed by atoms with Crippen molar-refractivity contribution in [1.82, 2.24) is 10.2 Å². The fourth-order valence-electron chi connectivity index (χ4n) is 2.46. The van der Waals surface area contributed by atoms with Gasteiger partial charge in [-0.25, -0.2) is 4.39 Å². The number of anilines is 1. The standard InChI is InChI=1S/C15H22FN3O2/c1-3-19-7-8-21-11(10-19)9-18-15(20)12-5-4-6-13(16)14(12)17-2/h4-6,11,17H,3,7-10H2,1-2H3,(H,18,20). The maximum atomic E-state index is 13.6. The second-order valence-corrected chi connectivity index (χ2v) is 5.01. The lowest BCUT2D eigenvalue weighted by molar-refractivity contribution is -0.0246. The van der Waals surface area contributed by atoms with Crippen LogP contribution >= 0.6 is 0 Å². The van der Waals surface area contributed by atoms with Gasteiger partial charge in [0.2, 0.25) is 0 Å². The lowest BCUT2D eigenvalue weighted by Gasteiger charge is -2.32. The summed E-state index contributed by atoms with van der Waals surface area (Å²) in [7, 11) is 1.60. The first-order valence-electron chi connectivity index (χ1n) is 7.24. The molecule has 6 heteroatoms. The van der Waals surface area contributed by atoms with Crippen LogP contribution in [0.15, 0.2) is 18.2 Å². The van der Waals surface area contributed by atoms with E-state index in [1.165, 1.54) is 12.1 Å². The third kappa shape index (κ3) is 3.92. The summed E-state index contributed by atoms with van der Waals surface area (Å²) in [6.07, 6.45) is -0.0192. The van der Waals surface area contributed by atoms with Crippen LogP contribution in [0, 0.1) is 5.82 Å². The molecule has 1 amide bonds. The van der Waals surface area contributed by atoms with E-state index in [1.54, 1.807) is 13.1 Å². The predicted octanol–water partition coefficient (Wildman–Crippen LogP) is 1.32. The fourth-order valence-corrected chi connectivity index (χ4v) is 2.46. The number of nitrogens with zero attached hydrogens (tertiary/aromatic N) is 1. The van der Waals surface area contributed by atoms with Crippen LogP contribution in [0.3, 0.4) is 0 Å². The number of likely N-dealkylation sites (N-methyl/N-ethyl adjacent to an activating group) is 1. The maximum Gasteiger partial charge on any atom is 0.253 e. The van der Waals surface area contributed by atoms with Gasteiger partial charge in [-0.1, -0.05) is 13.0 Å². The van der Waals surface area contributed by atoms with E-state index in [4.69, 9.17) is 4.74 Å². The van der Waals surface area contributed by atoms with Gasteiger partial charge in [0.1, 0.15) is 5.82 Å². The van der Waals surface area contributed by atoms with Gasteiger partial charge in [-0.3, -0.25) is 9.69 Å². The van der Waals surface area contributed by atoms with Crippen molar-refractivity contribution in [3.63, 3.8) is 0 Å². The number of rotatable bonds is 5. The minimum Gasteiger partial charge on any atom is -0.385 e. The molecule has 2 N–H and O–H groups in total. The van der Waals surface area contributed by atoms with Crippen molar-refractivity contribution in [2.75, 3.05) is 45.2 Å². The number of para-hydroxylation sites is 1. The largest absolute Gasteiger partial charge is 0.385 e. The number of morpholine rings is 1. The molecule has 1 aliphatic rings. The highest BCUT2D eigenvalue weighted by Crippen LogP contribution is 2.19. The summed E-state index contributed by atoms with van der Waals surface area (Å²) in [6.45, 7) is 5.91. The Morgan fingerprint density at radius 3 is 3.05 bits per heavy atom. The van der Waals surface area contributed by atoms with Gasteiger partial charge in [-0.15, -0.1) is 0 Å². The zero-order chi connectivity index (χ0) is 15.2. The van der Waals surface area contributed by atoms with Gasteiger partial charge in [0, 0.05) is 26.7 Å². The molecule has 1 fully saturated rings. The van der Waals surface area contributed by atoms with E-state index in [9.17, 15) is 9.18 Å². The Morgan fingerprint density at radius 2 is 2.33 bits per heavy atom. The van der Waals surface area contributed by atoms with E-state index in [0.717, 1.165) is 19.6 Å². The highest BCUT2D eigenvalue weighted by Gasteiger charge is 2.21. The van der Waals surface area contributed by atoms with Gasteiger partial charge in [-0.05, 0) is 18.7 Å². The quantitative estimate of drug-likeness (QED) is 0.860. The molecule has 1 saturated heterocycles. The maximum absolute atomic E-state index is 13.6. The second kappa shape index (κ2) is 7.38.